The van der Waals surface area contributed by atoms with Crippen LogP contribution in [0, 0.1) is 6.92 Å². The monoisotopic (exact) mass is 272 g/mol. The van der Waals surface area contributed by atoms with Crippen LogP contribution in [0.4, 0.5) is 0 Å². The van der Waals surface area contributed by atoms with Crippen LogP contribution in [0.3, 0.4) is 0 Å². The standard InChI is InChI=1S/C16H24N4/c1-4-18-15(11-14-6-8-17-9-7-14)12-16-10-13(3)19-20(16)5-2/h6-10,15,18H,4-5,11-12H2,1-3H3. The van der Waals surface area contributed by atoms with Crippen LogP contribution >= 0.6 is 0 Å². The summed E-state index contributed by atoms with van der Waals surface area (Å²) in [6.07, 6.45) is 5.74. The van der Waals surface area contributed by atoms with Crippen molar-refractivity contribution in [2.24, 2.45) is 0 Å². The highest BCUT2D eigenvalue weighted by molar-refractivity contribution is 5.15. The molecule has 108 valence electrons. The molecule has 0 saturated carbocycles. The lowest BCUT2D eigenvalue weighted by molar-refractivity contribution is 0.495. The van der Waals surface area contributed by atoms with Gasteiger partial charge in [0.1, 0.15) is 0 Å². The molecular formula is C16H24N4. The van der Waals surface area contributed by atoms with Crippen LogP contribution in [-0.2, 0) is 19.4 Å². The zero-order chi connectivity index (χ0) is 14.4. The summed E-state index contributed by atoms with van der Waals surface area (Å²) in [5.74, 6) is 0. The minimum atomic E-state index is 0.434. The van der Waals surface area contributed by atoms with Crippen LogP contribution in [0.25, 0.3) is 0 Å². The fourth-order valence-electron chi connectivity index (χ4n) is 2.60. The van der Waals surface area contributed by atoms with E-state index in [-0.39, 0.29) is 0 Å². The molecule has 2 aromatic heterocycles. The van der Waals surface area contributed by atoms with E-state index in [0.717, 1.165) is 31.6 Å². The number of pyridine rings is 1. The Labute approximate surface area is 121 Å². The normalized spacial score (nSPS) is 12.6. The van der Waals surface area contributed by atoms with Crippen molar-refractivity contribution in [2.45, 2.75) is 46.2 Å². The van der Waals surface area contributed by atoms with Crippen LogP contribution in [0.15, 0.2) is 30.6 Å². The number of nitrogens with one attached hydrogen (secondary N) is 1. The summed E-state index contributed by atoms with van der Waals surface area (Å²) in [6.45, 7) is 8.26. The predicted octanol–water partition coefficient (Wildman–Crippen LogP) is 2.37. The first kappa shape index (κ1) is 14.7. The van der Waals surface area contributed by atoms with E-state index in [1.54, 1.807) is 0 Å². The van der Waals surface area contributed by atoms with E-state index in [9.17, 15) is 0 Å². The van der Waals surface area contributed by atoms with Crippen LogP contribution in [0.5, 0.6) is 0 Å². The van der Waals surface area contributed by atoms with Crippen LogP contribution < -0.4 is 5.32 Å². The van der Waals surface area contributed by atoms with E-state index >= 15 is 0 Å². The Bertz CT molecular complexity index is 519. The first-order valence-electron chi connectivity index (χ1n) is 7.38. The third-order valence-electron chi connectivity index (χ3n) is 3.46. The van der Waals surface area contributed by atoms with Gasteiger partial charge in [0, 0.05) is 37.1 Å². The maximum atomic E-state index is 4.53. The van der Waals surface area contributed by atoms with Gasteiger partial charge >= 0.3 is 0 Å². The van der Waals surface area contributed by atoms with E-state index in [2.05, 4.69) is 59.1 Å². The molecule has 2 aromatic rings. The molecule has 0 bridgehead atoms. The molecule has 2 heterocycles. The van der Waals surface area contributed by atoms with Crippen molar-refractivity contribution in [1.82, 2.24) is 20.1 Å². The zero-order valence-electron chi connectivity index (χ0n) is 12.6. The number of hydrogen-bond donors (Lipinski definition) is 1. The summed E-state index contributed by atoms with van der Waals surface area (Å²) < 4.78 is 2.10. The van der Waals surface area contributed by atoms with Crippen molar-refractivity contribution in [3.8, 4) is 0 Å². The number of aryl methyl sites for hydroxylation is 2. The Hall–Kier alpha value is -1.68. The van der Waals surface area contributed by atoms with Gasteiger partial charge in [0.15, 0.2) is 0 Å². The van der Waals surface area contributed by atoms with Gasteiger partial charge in [-0.3, -0.25) is 9.67 Å². The summed E-state index contributed by atoms with van der Waals surface area (Å²) in [5.41, 5.74) is 3.73. The summed E-state index contributed by atoms with van der Waals surface area (Å²) in [5, 5.41) is 8.11. The summed E-state index contributed by atoms with van der Waals surface area (Å²) in [4.78, 5) is 4.08. The molecule has 0 aromatic carbocycles. The second-order valence-corrected chi connectivity index (χ2v) is 5.11. The van der Waals surface area contributed by atoms with E-state index in [0.29, 0.717) is 6.04 Å². The molecule has 0 aliphatic heterocycles. The van der Waals surface area contributed by atoms with Crippen molar-refractivity contribution >= 4 is 0 Å². The van der Waals surface area contributed by atoms with E-state index in [1.807, 2.05) is 12.4 Å². The quantitative estimate of drug-likeness (QED) is 0.841. The van der Waals surface area contributed by atoms with Crippen LogP contribution in [0.1, 0.15) is 30.8 Å². The molecule has 0 saturated heterocycles. The van der Waals surface area contributed by atoms with Crippen LogP contribution in [-0.4, -0.2) is 27.4 Å². The molecule has 1 atom stereocenters. The summed E-state index contributed by atoms with van der Waals surface area (Å²) in [6, 6.07) is 6.81. The third-order valence-corrected chi connectivity index (χ3v) is 3.46. The van der Waals surface area contributed by atoms with Crippen molar-refractivity contribution in [3.05, 3.63) is 47.5 Å². The van der Waals surface area contributed by atoms with Crippen molar-refractivity contribution in [2.75, 3.05) is 6.54 Å². The second kappa shape index (κ2) is 7.20. The minimum absolute atomic E-state index is 0.434. The molecule has 1 unspecified atom stereocenters. The SMILES string of the molecule is CCNC(Cc1ccncc1)Cc1cc(C)nn1CC. The van der Waals surface area contributed by atoms with Crippen molar-refractivity contribution in [3.63, 3.8) is 0 Å². The van der Waals surface area contributed by atoms with Crippen molar-refractivity contribution in [1.29, 1.82) is 0 Å². The maximum absolute atomic E-state index is 4.53. The highest BCUT2D eigenvalue weighted by atomic mass is 15.3. The molecule has 0 radical (unpaired) electrons. The molecule has 0 aliphatic carbocycles. The number of hydrogen-bond acceptors (Lipinski definition) is 3. The zero-order valence-corrected chi connectivity index (χ0v) is 12.6. The molecular weight excluding hydrogens is 248 g/mol. The fourth-order valence-corrected chi connectivity index (χ4v) is 2.60. The first-order chi connectivity index (χ1) is 9.72. The van der Waals surface area contributed by atoms with Crippen LogP contribution in [0.2, 0.25) is 0 Å². The van der Waals surface area contributed by atoms with E-state index < -0.39 is 0 Å². The molecule has 20 heavy (non-hydrogen) atoms. The minimum Gasteiger partial charge on any atom is -0.314 e. The third kappa shape index (κ3) is 3.90. The molecule has 2 rings (SSSR count). The lowest BCUT2D eigenvalue weighted by atomic mass is 10.0. The molecule has 0 amide bonds. The Balaban J connectivity index is 2.08. The molecule has 4 nitrogen and oxygen atoms in total. The molecule has 0 spiro atoms. The average Bonchev–Trinajstić information content (AvgIpc) is 2.80. The number of likely N-dealkylation sites (N-methyl/N-ethyl adjacent to an activating group) is 1. The maximum Gasteiger partial charge on any atom is 0.0596 e. The van der Waals surface area contributed by atoms with Gasteiger partial charge in [0.25, 0.3) is 0 Å². The Morgan fingerprint density at radius 1 is 1.20 bits per heavy atom. The van der Waals surface area contributed by atoms with Gasteiger partial charge in [0.2, 0.25) is 0 Å². The topological polar surface area (TPSA) is 42.7 Å². The van der Waals surface area contributed by atoms with E-state index in [4.69, 9.17) is 0 Å². The number of nitrogens with zero attached hydrogens (tertiary/aromatic N) is 3. The Morgan fingerprint density at radius 2 is 1.95 bits per heavy atom. The summed E-state index contributed by atoms with van der Waals surface area (Å²) in [7, 11) is 0. The number of rotatable bonds is 7. The van der Waals surface area contributed by atoms with Gasteiger partial charge in [0.05, 0.1) is 5.69 Å². The number of aromatic nitrogens is 3. The fraction of sp³-hybridized carbons (Fsp3) is 0.500. The van der Waals surface area contributed by atoms with Gasteiger partial charge in [-0.05, 0) is 50.6 Å². The Morgan fingerprint density at radius 3 is 2.60 bits per heavy atom. The smallest absolute Gasteiger partial charge is 0.0596 e. The highest BCUT2D eigenvalue weighted by Gasteiger charge is 2.13. The molecule has 4 heteroatoms. The average molecular weight is 272 g/mol. The highest BCUT2D eigenvalue weighted by Crippen LogP contribution is 2.11. The molecule has 1 N–H and O–H groups in total. The lowest BCUT2D eigenvalue weighted by Crippen LogP contribution is -2.33. The lowest BCUT2D eigenvalue weighted by Gasteiger charge is -2.18. The van der Waals surface area contributed by atoms with Gasteiger partial charge in [-0.25, -0.2) is 0 Å². The van der Waals surface area contributed by atoms with Gasteiger partial charge in [-0.1, -0.05) is 6.92 Å². The predicted molar refractivity (Wildman–Crippen MR) is 81.7 cm³/mol. The second-order valence-electron chi connectivity index (χ2n) is 5.11. The van der Waals surface area contributed by atoms with Crippen molar-refractivity contribution < 1.29 is 0 Å². The Kier molecular flexibility index (Phi) is 5.30. The van der Waals surface area contributed by atoms with E-state index in [1.165, 1.54) is 11.3 Å². The molecule has 0 aliphatic rings. The first-order valence-corrected chi connectivity index (χ1v) is 7.38. The molecule has 0 fully saturated rings. The van der Waals surface area contributed by atoms with Gasteiger partial charge in [-0.2, -0.15) is 5.10 Å². The van der Waals surface area contributed by atoms with Gasteiger partial charge in [-0.15, -0.1) is 0 Å². The van der Waals surface area contributed by atoms with Gasteiger partial charge < -0.3 is 5.32 Å². The summed E-state index contributed by atoms with van der Waals surface area (Å²) >= 11 is 0. The largest absolute Gasteiger partial charge is 0.314 e.